The van der Waals surface area contributed by atoms with Gasteiger partial charge in [0.15, 0.2) is 0 Å². The van der Waals surface area contributed by atoms with E-state index in [9.17, 15) is 4.79 Å². The van der Waals surface area contributed by atoms with Crippen LogP contribution >= 0.6 is 0 Å². The molecule has 0 unspecified atom stereocenters. The van der Waals surface area contributed by atoms with Crippen LogP contribution in [0, 0.1) is 6.92 Å². The summed E-state index contributed by atoms with van der Waals surface area (Å²) in [5.41, 5.74) is 4.51. The largest absolute Gasteiger partial charge is 0.462 e. The van der Waals surface area contributed by atoms with Gasteiger partial charge >= 0.3 is 5.97 Å². The third-order valence-electron chi connectivity index (χ3n) is 3.81. The molecule has 0 spiro atoms. The predicted molar refractivity (Wildman–Crippen MR) is 82.0 cm³/mol. The molecule has 1 saturated carbocycles. The molecule has 1 aliphatic carbocycles. The van der Waals surface area contributed by atoms with Crippen molar-refractivity contribution in [1.82, 2.24) is 9.61 Å². The minimum atomic E-state index is -0.263. The fraction of sp³-hybridized carbons (Fsp3) is 0.500. The maximum Gasteiger partial charge on any atom is 0.342 e. The Bertz CT molecular complexity index is 686. The maximum atomic E-state index is 12.3. The second-order valence-electron chi connectivity index (χ2n) is 5.49. The van der Waals surface area contributed by atoms with E-state index in [0.29, 0.717) is 18.1 Å². The molecule has 0 saturated heterocycles. The van der Waals surface area contributed by atoms with Crippen LogP contribution in [0.1, 0.15) is 54.2 Å². The summed E-state index contributed by atoms with van der Waals surface area (Å²) in [6, 6.07) is 2.00. The fourth-order valence-electron chi connectivity index (χ4n) is 2.64. The number of carbonyl (C=O) groups is 1. The Hall–Kier alpha value is -2.04. The first-order chi connectivity index (χ1) is 10.2. The molecule has 3 rings (SSSR count). The quantitative estimate of drug-likeness (QED) is 0.858. The summed E-state index contributed by atoms with van der Waals surface area (Å²) < 4.78 is 7.05. The lowest BCUT2D eigenvalue weighted by Crippen LogP contribution is -2.07. The van der Waals surface area contributed by atoms with E-state index in [2.05, 4.69) is 17.3 Å². The summed E-state index contributed by atoms with van der Waals surface area (Å²) in [4.78, 5) is 12.3. The number of aryl methyl sites for hydroxylation is 1. The minimum Gasteiger partial charge on any atom is -0.462 e. The van der Waals surface area contributed by atoms with Crippen LogP contribution in [0.5, 0.6) is 0 Å². The number of fused-ring (bicyclic) bond motifs is 1. The molecule has 1 N–H and O–H groups in total. The van der Waals surface area contributed by atoms with Crippen LogP contribution in [-0.2, 0) is 4.74 Å². The van der Waals surface area contributed by atoms with E-state index in [-0.39, 0.29) is 5.97 Å². The standard InChI is InChI=1S/C16H21N3O2/c1-4-17-12-8-13-14(16(20)21-5-2)15(11-6-7-11)18-19(13)9-10(12)3/h8-9,11,17H,4-7H2,1-3H3. The fourth-order valence-corrected chi connectivity index (χ4v) is 2.64. The molecular weight excluding hydrogens is 266 g/mol. The van der Waals surface area contributed by atoms with Crippen LogP contribution < -0.4 is 5.32 Å². The topological polar surface area (TPSA) is 55.6 Å². The zero-order chi connectivity index (χ0) is 15.0. The first kappa shape index (κ1) is 13.9. The Kier molecular flexibility index (Phi) is 3.57. The lowest BCUT2D eigenvalue weighted by atomic mass is 10.1. The lowest BCUT2D eigenvalue weighted by Gasteiger charge is -2.08. The predicted octanol–water partition coefficient (Wildman–Crippen LogP) is 3.13. The molecule has 112 valence electrons. The van der Waals surface area contributed by atoms with Crippen molar-refractivity contribution < 1.29 is 9.53 Å². The van der Waals surface area contributed by atoms with Gasteiger partial charge in [0.1, 0.15) is 5.56 Å². The third-order valence-corrected chi connectivity index (χ3v) is 3.81. The van der Waals surface area contributed by atoms with E-state index in [4.69, 9.17) is 4.74 Å². The van der Waals surface area contributed by atoms with Crippen molar-refractivity contribution in [3.05, 3.63) is 29.1 Å². The summed E-state index contributed by atoms with van der Waals surface area (Å²) in [6.45, 7) is 7.15. The Morgan fingerprint density at radius 2 is 2.24 bits per heavy atom. The van der Waals surface area contributed by atoms with Gasteiger partial charge < -0.3 is 10.1 Å². The molecule has 0 radical (unpaired) electrons. The van der Waals surface area contributed by atoms with Gasteiger partial charge in [0, 0.05) is 24.3 Å². The number of hydrogen-bond donors (Lipinski definition) is 1. The average molecular weight is 287 g/mol. The summed E-state index contributed by atoms with van der Waals surface area (Å²) in [5.74, 6) is 0.146. The van der Waals surface area contributed by atoms with Crippen molar-refractivity contribution in [1.29, 1.82) is 0 Å². The Morgan fingerprint density at radius 1 is 1.48 bits per heavy atom. The molecule has 1 aliphatic rings. The second kappa shape index (κ2) is 5.39. The Labute approximate surface area is 124 Å². The van der Waals surface area contributed by atoms with Gasteiger partial charge in [-0.1, -0.05) is 0 Å². The monoisotopic (exact) mass is 287 g/mol. The average Bonchev–Trinajstić information content (AvgIpc) is 3.22. The van der Waals surface area contributed by atoms with E-state index in [1.54, 1.807) is 0 Å². The van der Waals surface area contributed by atoms with Crippen LogP contribution in [-0.4, -0.2) is 28.7 Å². The van der Waals surface area contributed by atoms with E-state index in [1.807, 2.05) is 30.6 Å². The van der Waals surface area contributed by atoms with E-state index in [1.165, 1.54) is 0 Å². The Morgan fingerprint density at radius 3 is 2.86 bits per heavy atom. The number of anilines is 1. The van der Waals surface area contributed by atoms with Crippen LogP contribution in [0.3, 0.4) is 0 Å². The highest BCUT2D eigenvalue weighted by atomic mass is 16.5. The number of carbonyl (C=O) groups excluding carboxylic acids is 1. The van der Waals surface area contributed by atoms with Crippen LogP contribution in [0.2, 0.25) is 0 Å². The molecule has 21 heavy (non-hydrogen) atoms. The number of hydrogen-bond acceptors (Lipinski definition) is 4. The molecule has 2 aromatic rings. The summed E-state index contributed by atoms with van der Waals surface area (Å²) >= 11 is 0. The molecule has 2 heterocycles. The number of nitrogens with one attached hydrogen (secondary N) is 1. The van der Waals surface area contributed by atoms with Gasteiger partial charge in [-0.15, -0.1) is 0 Å². The highest BCUT2D eigenvalue weighted by molar-refractivity contribution is 5.99. The van der Waals surface area contributed by atoms with Gasteiger partial charge in [0.05, 0.1) is 17.8 Å². The number of rotatable bonds is 5. The molecule has 0 aliphatic heterocycles. The summed E-state index contributed by atoms with van der Waals surface area (Å²) in [5, 5.41) is 7.96. The normalized spacial score (nSPS) is 14.4. The zero-order valence-corrected chi connectivity index (χ0v) is 12.8. The zero-order valence-electron chi connectivity index (χ0n) is 12.8. The molecule has 2 aromatic heterocycles. The van der Waals surface area contributed by atoms with Crippen LogP contribution in [0.4, 0.5) is 5.69 Å². The first-order valence-electron chi connectivity index (χ1n) is 7.59. The van der Waals surface area contributed by atoms with Crippen molar-refractivity contribution in [2.75, 3.05) is 18.5 Å². The van der Waals surface area contributed by atoms with E-state index >= 15 is 0 Å². The van der Waals surface area contributed by atoms with Gasteiger partial charge in [-0.3, -0.25) is 0 Å². The molecule has 0 amide bonds. The Balaban J connectivity index is 2.17. The molecule has 0 bridgehead atoms. The lowest BCUT2D eigenvalue weighted by molar-refractivity contribution is 0.0527. The minimum absolute atomic E-state index is 0.263. The maximum absolute atomic E-state index is 12.3. The van der Waals surface area contributed by atoms with Crippen molar-refractivity contribution >= 4 is 17.2 Å². The molecule has 5 heteroatoms. The highest BCUT2D eigenvalue weighted by Crippen LogP contribution is 2.42. The SMILES string of the molecule is CCNc1cc2c(C(=O)OCC)c(C3CC3)nn2cc1C. The number of pyridine rings is 1. The number of ether oxygens (including phenoxy) is 1. The van der Waals surface area contributed by atoms with E-state index < -0.39 is 0 Å². The third kappa shape index (κ3) is 2.48. The number of esters is 1. The van der Waals surface area contributed by atoms with Gasteiger partial charge in [-0.25, -0.2) is 9.31 Å². The van der Waals surface area contributed by atoms with Crippen molar-refractivity contribution in [2.24, 2.45) is 0 Å². The summed E-state index contributed by atoms with van der Waals surface area (Å²) in [7, 11) is 0. The van der Waals surface area contributed by atoms with E-state index in [0.717, 1.165) is 41.8 Å². The number of nitrogens with zero attached hydrogens (tertiary/aromatic N) is 2. The molecular formula is C16H21N3O2. The highest BCUT2D eigenvalue weighted by Gasteiger charge is 2.33. The van der Waals surface area contributed by atoms with Gasteiger partial charge in [0.2, 0.25) is 0 Å². The van der Waals surface area contributed by atoms with Crippen molar-refractivity contribution in [2.45, 2.75) is 39.5 Å². The first-order valence-corrected chi connectivity index (χ1v) is 7.59. The smallest absolute Gasteiger partial charge is 0.342 e. The van der Waals surface area contributed by atoms with Crippen molar-refractivity contribution in [3.63, 3.8) is 0 Å². The molecule has 1 fully saturated rings. The molecule has 5 nitrogen and oxygen atoms in total. The van der Waals surface area contributed by atoms with Crippen LogP contribution in [0.25, 0.3) is 5.52 Å². The molecule has 0 atom stereocenters. The molecule has 0 aromatic carbocycles. The van der Waals surface area contributed by atoms with Crippen LogP contribution in [0.15, 0.2) is 12.3 Å². The number of aromatic nitrogens is 2. The summed E-state index contributed by atoms with van der Waals surface area (Å²) in [6.07, 6.45) is 4.19. The van der Waals surface area contributed by atoms with Crippen molar-refractivity contribution in [3.8, 4) is 0 Å². The van der Waals surface area contributed by atoms with Gasteiger partial charge in [-0.2, -0.15) is 5.10 Å². The second-order valence-corrected chi connectivity index (χ2v) is 5.49. The van der Waals surface area contributed by atoms with Gasteiger partial charge in [-0.05, 0) is 45.2 Å². The van der Waals surface area contributed by atoms with Gasteiger partial charge in [0.25, 0.3) is 0 Å².